The summed E-state index contributed by atoms with van der Waals surface area (Å²) in [6.07, 6.45) is -0.0468. The Labute approximate surface area is 195 Å². The maximum atomic E-state index is 13.2. The smallest absolute Gasteiger partial charge is 0.256 e. The molecule has 1 amide bonds. The molecule has 1 fully saturated rings. The number of ether oxygens (including phenoxy) is 2. The van der Waals surface area contributed by atoms with Crippen LogP contribution in [0.4, 0.5) is 5.69 Å². The van der Waals surface area contributed by atoms with Crippen molar-refractivity contribution in [3.8, 4) is 11.5 Å². The van der Waals surface area contributed by atoms with Crippen LogP contribution in [0.25, 0.3) is 0 Å². The summed E-state index contributed by atoms with van der Waals surface area (Å²) in [5.41, 5.74) is 0.0424. The predicted molar refractivity (Wildman–Crippen MR) is 126 cm³/mol. The third-order valence-electron chi connectivity index (χ3n) is 5.97. The number of benzene rings is 2. The molecule has 2 aromatic carbocycles. The Balaban J connectivity index is 1.71. The molecular formula is C24H32N2O6S. The number of amides is 1. The SMILES string of the molecule is COc1ccc(OC)c(S(=O)(=O)N2CCC(O)(C(=O)Nc3ccc(C(C)(C)C)cc3)CC2)c1. The van der Waals surface area contributed by atoms with Gasteiger partial charge in [-0.3, -0.25) is 4.79 Å². The molecule has 1 saturated heterocycles. The van der Waals surface area contributed by atoms with Crippen LogP contribution in [0.15, 0.2) is 47.4 Å². The molecule has 2 N–H and O–H groups in total. The summed E-state index contributed by atoms with van der Waals surface area (Å²) in [6.45, 7) is 6.30. The highest BCUT2D eigenvalue weighted by Crippen LogP contribution is 2.34. The lowest BCUT2D eigenvalue weighted by Gasteiger charge is -2.36. The van der Waals surface area contributed by atoms with Gasteiger partial charge in [-0.2, -0.15) is 4.31 Å². The summed E-state index contributed by atoms with van der Waals surface area (Å²) in [5, 5.41) is 13.7. The first-order chi connectivity index (χ1) is 15.4. The molecule has 0 aliphatic carbocycles. The Morgan fingerprint density at radius 2 is 1.64 bits per heavy atom. The highest BCUT2D eigenvalue weighted by molar-refractivity contribution is 7.89. The monoisotopic (exact) mass is 476 g/mol. The standard InChI is InChI=1S/C24H32N2O6S/c1-23(2,3)17-6-8-18(9-7-17)25-22(27)24(28)12-14-26(15-13-24)33(29,30)21-16-19(31-4)10-11-20(21)32-5/h6-11,16,28H,12-15H2,1-5H3,(H,25,27). The van der Waals surface area contributed by atoms with Crippen LogP contribution in [-0.4, -0.2) is 56.6 Å². The number of methoxy groups -OCH3 is 2. The number of anilines is 1. The minimum absolute atomic E-state index is 0.00439. The lowest BCUT2D eigenvalue weighted by atomic mass is 9.87. The van der Waals surface area contributed by atoms with E-state index in [4.69, 9.17) is 9.47 Å². The van der Waals surface area contributed by atoms with Crippen molar-refractivity contribution in [3.63, 3.8) is 0 Å². The van der Waals surface area contributed by atoms with Crippen molar-refractivity contribution in [1.82, 2.24) is 4.31 Å². The normalized spacial score (nSPS) is 16.8. The van der Waals surface area contributed by atoms with E-state index in [-0.39, 0.29) is 42.0 Å². The van der Waals surface area contributed by atoms with E-state index in [1.807, 2.05) is 12.1 Å². The van der Waals surface area contributed by atoms with Crippen LogP contribution in [0, 0.1) is 0 Å². The molecule has 0 bridgehead atoms. The zero-order valence-corrected chi connectivity index (χ0v) is 20.5. The number of hydrogen-bond acceptors (Lipinski definition) is 6. The molecule has 0 atom stereocenters. The van der Waals surface area contributed by atoms with E-state index in [0.717, 1.165) is 5.56 Å². The quantitative estimate of drug-likeness (QED) is 0.664. The van der Waals surface area contributed by atoms with Gasteiger partial charge in [-0.05, 0) is 48.1 Å². The first-order valence-corrected chi connectivity index (χ1v) is 12.2. The highest BCUT2D eigenvalue weighted by atomic mass is 32.2. The Morgan fingerprint density at radius 1 is 1.03 bits per heavy atom. The van der Waals surface area contributed by atoms with Gasteiger partial charge in [-0.1, -0.05) is 32.9 Å². The molecular weight excluding hydrogens is 444 g/mol. The van der Waals surface area contributed by atoms with E-state index in [0.29, 0.717) is 11.4 Å². The number of piperidine rings is 1. The van der Waals surface area contributed by atoms with Crippen molar-refractivity contribution in [2.75, 3.05) is 32.6 Å². The van der Waals surface area contributed by atoms with Crippen LogP contribution < -0.4 is 14.8 Å². The van der Waals surface area contributed by atoms with E-state index in [2.05, 4.69) is 26.1 Å². The van der Waals surface area contributed by atoms with Crippen molar-refractivity contribution in [2.24, 2.45) is 0 Å². The summed E-state index contributed by atoms with van der Waals surface area (Å²) in [7, 11) is -1.06. The third-order valence-corrected chi connectivity index (χ3v) is 7.89. The molecule has 1 heterocycles. The minimum Gasteiger partial charge on any atom is -0.497 e. The summed E-state index contributed by atoms with van der Waals surface area (Å²) in [6, 6.07) is 12.0. The van der Waals surface area contributed by atoms with Gasteiger partial charge in [0.1, 0.15) is 22.0 Å². The van der Waals surface area contributed by atoms with Gasteiger partial charge in [0.05, 0.1) is 14.2 Å². The minimum atomic E-state index is -3.91. The lowest BCUT2D eigenvalue weighted by molar-refractivity contribution is -0.137. The second kappa shape index (κ2) is 9.32. The maximum absolute atomic E-state index is 13.2. The van der Waals surface area contributed by atoms with Crippen LogP contribution in [0.3, 0.4) is 0 Å². The Kier molecular flexibility index (Phi) is 7.07. The van der Waals surface area contributed by atoms with Crippen molar-refractivity contribution in [1.29, 1.82) is 0 Å². The van der Waals surface area contributed by atoms with Gasteiger partial charge >= 0.3 is 0 Å². The van der Waals surface area contributed by atoms with Gasteiger partial charge in [0.15, 0.2) is 0 Å². The van der Waals surface area contributed by atoms with E-state index < -0.39 is 21.5 Å². The zero-order chi connectivity index (χ0) is 24.4. The molecule has 0 unspecified atom stereocenters. The van der Waals surface area contributed by atoms with Gasteiger partial charge < -0.3 is 19.9 Å². The van der Waals surface area contributed by atoms with Crippen LogP contribution >= 0.6 is 0 Å². The number of sulfonamides is 1. The number of carbonyl (C=O) groups is 1. The number of hydrogen-bond donors (Lipinski definition) is 2. The zero-order valence-electron chi connectivity index (χ0n) is 19.7. The van der Waals surface area contributed by atoms with Crippen molar-refractivity contribution in [3.05, 3.63) is 48.0 Å². The maximum Gasteiger partial charge on any atom is 0.256 e. The number of nitrogens with one attached hydrogen (secondary N) is 1. The van der Waals surface area contributed by atoms with E-state index in [1.165, 1.54) is 30.7 Å². The fourth-order valence-electron chi connectivity index (χ4n) is 3.75. The second-order valence-corrected chi connectivity index (χ2v) is 11.1. The molecule has 0 radical (unpaired) electrons. The van der Waals surface area contributed by atoms with Gasteiger partial charge in [0.25, 0.3) is 5.91 Å². The summed E-state index contributed by atoms with van der Waals surface area (Å²) < 4.78 is 38.1. The van der Waals surface area contributed by atoms with Gasteiger partial charge in [-0.15, -0.1) is 0 Å². The number of aliphatic hydroxyl groups is 1. The lowest BCUT2D eigenvalue weighted by Crippen LogP contribution is -2.52. The average Bonchev–Trinajstić information content (AvgIpc) is 2.78. The molecule has 1 aliphatic rings. The van der Waals surface area contributed by atoms with Crippen molar-refractivity contribution >= 4 is 21.6 Å². The molecule has 0 aromatic heterocycles. The first-order valence-electron chi connectivity index (χ1n) is 10.8. The molecule has 33 heavy (non-hydrogen) atoms. The molecule has 0 saturated carbocycles. The number of nitrogens with zero attached hydrogens (tertiary/aromatic N) is 1. The van der Waals surface area contributed by atoms with Crippen LogP contribution in [0.2, 0.25) is 0 Å². The number of rotatable bonds is 6. The van der Waals surface area contributed by atoms with E-state index in [1.54, 1.807) is 18.2 Å². The molecule has 2 aromatic rings. The fraction of sp³-hybridized carbons (Fsp3) is 0.458. The molecule has 3 rings (SSSR count). The Hall–Kier alpha value is -2.62. The van der Waals surface area contributed by atoms with Crippen LogP contribution in [0.1, 0.15) is 39.2 Å². The molecule has 1 aliphatic heterocycles. The molecule has 8 nitrogen and oxygen atoms in total. The van der Waals surface area contributed by atoms with Crippen molar-refractivity contribution < 1.29 is 27.8 Å². The second-order valence-electron chi connectivity index (χ2n) is 9.23. The van der Waals surface area contributed by atoms with Crippen molar-refractivity contribution in [2.45, 2.75) is 49.5 Å². The van der Waals surface area contributed by atoms with Gasteiger partial charge in [0, 0.05) is 24.8 Å². The summed E-state index contributed by atoms with van der Waals surface area (Å²) in [5.74, 6) is 0.0508. The Morgan fingerprint density at radius 3 is 2.15 bits per heavy atom. The third kappa shape index (κ3) is 5.31. The predicted octanol–water partition coefficient (Wildman–Crippen LogP) is 3.16. The highest BCUT2D eigenvalue weighted by Gasteiger charge is 2.43. The largest absolute Gasteiger partial charge is 0.497 e. The van der Waals surface area contributed by atoms with E-state index >= 15 is 0 Å². The number of carbonyl (C=O) groups excluding carboxylic acids is 1. The molecule has 9 heteroatoms. The molecule has 180 valence electrons. The topological polar surface area (TPSA) is 105 Å². The van der Waals surface area contributed by atoms with Crippen LogP contribution in [0.5, 0.6) is 11.5 Å². The van der Waals surface area contributed by atoms with E-state index in [9.17, 15) is 18.3 Å². The van der Waals surface area contributed by atoms with Gasteiger partial charge in [0.2, 0.25) is 10.0 Å². The Bertz CT molecular complexity index is 1100. The summed E-state index contributed by atoms with van der Waals surface area (Å²) in [4.78, 5) is 12.8. The fourth-order valence-corrected chi connectivity index (χ4v) is 5.36. The molecule has 0 spiro atoms. The summed E-state index contributed by atoms with van der Waals surface area (Å²) >= 11 is 0. The van der Waals surface area contributed by atoms with Gasteiger partial charge in [-0.25, -0.2) is 8.42 Å². The van der Waals surface area contributed by atoms with Crippen LogP contribution in [-0.2, 0) is 20.2 Å². The first kappa shape index (κ1) is 25.0. The average molecular weight is 477 g/mol.